The van der Waals surface area contributed by atoms with E-state index >= 15 is 0 Å². The van der Waals surface area contributed by atoms with Gasteiger partial charge >= 0.3 is 0 Å². The average molecular weight is 439 g/mol. The normalized spacial score (nSPS) is 13.4. The molecule has 1 amide bonds. The van der Waals surface area contributed by atoms with E-state index < -0.39 is 16.1 Å². The summed E-state index contributed by atoms with van der Waals surface area (Å²) in [5.74, 6) is 0.346. The van der Waals surface area contributed by atoms with Crippen molar-refractivity contribution >= 4 is 33.2 Å². The second-order valence-electron chi connectivity index (χ2n) is 6.92. The molecule has 0 heterocycles. The number of nitrogens with zero attached hydrogens (tertiary/aromatic N) is 1. The van der Waals surface area contributed by atoms with Gasteiger partial charge in [0.05, 0.1) is 25.1 Å². The van der Waals surface area contributed by atoms with Crippen molar-refractivity contribution in [2.75, 3.05) is 17.7 Å². The molecule has 6 nitrogen and oxygen atoms in total. The number of nitrogens with one attached hydrogen (secondary N) is 1. The third-order valence-corrected chi connectivity index (χ3v) is 6.11. The maximum Gasteiger partial charge on any atom is 0.244 e. The van der Waals surface area contributed by atoms with E-state index in [2.05, 4.69) is 5.32 Å². The molecule has 0 bridgehead atoms. The minimum Gasteiger partial charge on any atom is -0.497 e. The van der Waals surface area contributed by atoms with Crippen molar-refractivity contribution in [2.45, 2.75) is 39.3 Å². The maximum atomic E-state index is 13.1. The van der Waals surface area contributed by atoms with Crippen LogP contribution in [0.15, 0.2) is 42.5 Å². The van der Waals surface area contributed by atoms with Crippen molar-refractivity contribution in [1.29, 1.82) is 0 Å². The summed E-state index contributed by atoms with van der Waals surface area (Å²) in [7, 11) is -2.14. The molecule has 0 aliphatic carbocycles. The molecule has 0 fully saturated rings. The van der Waals surface area contributed by atoms with E-state index in [1.165, 1.54) is 0 Å². The Labute approximate surface area is 177 Å². The molecule has 0 radical (unpaired) electrons. The lowest BCUT2D eigenvalue weighted by Gasteiger charge is -2.32. The molecule has 1 N–H and O–H groups in total. The second kappa shape index (κ2) is 9.50. The number of carbonyl (C=O) groups is 1. The highest BCUT2D eigenvalue weighted by atomic mass is 35.5. The van der Waals surface area contributed by atoms with Crippen LogP contribution in [0.25, 0.3) is 0 Å². The Morgan fingerprint density at radius 1 is 1.21 bits per heavy atom. The van der Waals surface area contributed by atoms with Gasteiger partial charge in [-0.2, -0.15) is 0 Å². The van der Waals surface area contributed by atoms with Crippen LogP contribution in [0.2, 0.25) is 5.02 Å². The molecule has 0 aromatic heterocycles. The quantitative estimate of drug-likeness (QED) is 0.673. The number of halogens is 1. The van der Waals surface area contributed by atoms with Crippen molar-refractivity contribution in [3.63, 3.8) is 0 Å². The van der Waals surface area contributed by atoms with Gasteiger partial charge in [0.25, 0.3) is 0 Å². The van der Waals surface area contributed by atoms with E-state index in [-0.39, 0.29) is 11.9 Å². The zero-order valence-corrected chi connectivity index (χ0v) is 18.8. The van der Waals surface area contributed by atoms with Gasteiger partial charge in [-0.05, 0) is 55.7 Å². The zero-order chi connectivity index (χ0) is 21.8. The van der Waals surface area contributed by atoms with Crippen LogP contribution in [-0.4, -0.2) is 33.7 Å². The maximum absolute atomic E-state index is 13.1. The fourth-order valence-electron chi connectivity index (χ4n) is 3.14. The fraction of sp³-hybridized carbons (Fsp3) is 0.381. The third-order valence-electron chi connectivity index (χ3n) is 4.71. The summed E-state index contributed by atoms with van der Waals surface area (Å²) in [5, 5.41) is 3.33. The van der Waals surface area contributed by atoms with Gasteiger partial charge in [-0.25, -0.2) is 8.42 Å². The van der Waals surface area contributed by atoms with E-state index in [0.717, 1.165) is 21.9 Å². The van der Waals surface area contributed by atoms with Crippen LogP contribution in [0.4, 0.5) is 5.69 Å². The van der Waals surface area contributed by atoms with Crippen molar-refractivity contribution < 1.29 is 17.9 Å². The smallest absolute Gasteiger partial charge is 0.244 e. The monoisotopic (exact) mass is 438 g/mol. The highest BCUT2D eigenvalue weighted by Crippen LogP contribution is 2.29. The molecule has 0 aliphatic heterocycles. The molecule has 0 saturated carbocycles. The second-order valence-corrected chi connectivity index (χ2v) is 9.21. The van der Waals surface area contributed by atoms with Crippen molar-refractivity contribution in [2.24, 2.45) is 0 Å². The van der Waals surface area contributed by atoms with Gasteiger partial charge in [0.2, 0.25) is 15.9 Å². The van der Waals surface area contributed by atoms with Crippen LogP contribution < -0.4 is 14.4 Å². The van der Waals surface area contributed by atoms with Gasteiger partial charge in [-0.3, -0.25) is 9.10 Å². The lowest BCUT2D eigenvalue weighted by Crippen LogP contribution is -2.50. The predicted octanol–water partition coefficient (Wildman–Crippen LogP) is 4.08. The lowest BCUT2D eigenvalue weighted by atomic mass is 10.1. The number of rotatable bonds is 8. The molecular weight excluding hydrogens is 412 g/mol. The number of hydrogen-bond acceptors (Lipinski definition) is 4. The zero-order valence-electron chi connectivity index (χ0n) is 17.3. The molecule has 29 heavy (non-hydrogen) atoms. The summed E-state index contributed by atoms with van der Waals surface area (Å²) in [6.07, 6.45) is 1.40. The van der Waals surface area contributed by atoms with Crippen LogP contribution >= 0.6 is 11.6 Å². The summed E-state index contributed by atoms with van der Waals surface area (Å²) >= 11 is 6.10. The Hall–Kier alpha value is -2.25. The van der Waals surface area contributed by atoms with Gasteiger partial charge in [-0.15, -0.1) is 0 Å². The number of aryl methyl sites for hydroxylation is 1. The minimum atomic E-state index is -3.73. The van der Waals surface area contributed by atoms with E-state index in [4.69, 9.17) is 16.3 Å². The Morgan fingerprint density at radius 3 is 2.34 bits per heavy atom. The summed E-state index contributed by atoms with van der Waals surface area (Å²) < 4.78 is 31.5. The van der Waals surface area contributed by atoms with Gasteiger partial charge in [0.15, 0.2) is 0 Å². The molecule has 158 valence electrons. The van der Waals surface area contributed by atoms with E-state index in [9.17, 15) is 13.2 Å². The number of sulfonamides is 1. The van der Waals surface area contributed by atoms with Crippen molar-refractivity contribution in [1.82, 2.24) is 5.32 Å². The first kappa shape index (κ1) is 23.0. The molecule has 2 aromatic carbocycles. The van der Waals surface area contributed by atoms with Gasteiger partial charge < -0.3 is 10.1 Å². The van der Waals surface area contributed by atoms with Crippen molar-refractivity contribution in [3.05, 3.63) is 58.6 Å². The average Bonchev–Trinajstić information content (AvgIpc) is 2.67. The first-order valence-electron chi connectivity index (χ1n) is 9.28. The molecule has 2 aromatic rings. The number of anilines is 1. The van der Waals surface area contributed by atoms with Crippen LogP contribution in [-0.2, 0) is 14.8 Å². The first-order chi connectivity index (χ1) is 13.6. The van der Waals surface area contributed by atoms with Gasteiger partial charge in [0.1, 0.15) is 11.8 Å². The standard InChI is InChI=1S/C21H27ClN2O4S/c1-6-19(21(25)23-15(3)16-8-11-18(28-4)12-9-16)24(29(5,26)27)20-13-17(22)10-7-14(20)2/h7-13,15,19H,6H2,1-5H3,(H,23,25)/t15-,19-/m1/s1. The minimum absolute atomic E-state index is 0.302. The summed E-state index contributed by atoms with van der Waals surface area (Å²) in [5.41, 5.74) is 2.01. The summed E-state index contributed by atoms with van der Waals surface area (Å²) in [6, 6.07) is 11.1. The number of benzene rings is 2. The summed E-state index contributed by atoms with van der Waals surface area (Å²) in [4.78, 5) is 13.1. The van der Waals surface area contributed by atoms with E-state index in [0.29, 0.717) is 22.7 Å². The van der Waals surface area contributed by atoms with E-state index in [1.807, 2.05) is 31.2 Å². The predicted molar refractivity (Wildman–Crippen MR) is 117 cm³/mol. The molecule has 0 spiro atoms. The number of hydrogen-bond donors (Lipinski definition) is 1. The number of amides is 1. The molecule has 2 atom stereocenters. The lowest BCUT2D eigenvalue weighted by molar-refractivity contribution is -0.122. The molecule has 8 heteroatoms. The Morgan fingerprint density at radius 2 is 1.83 bits per heavy atom. The van der Waals surface area contributed by atoms with Crippen LogP contribution in [0.5, 0.6) is 5.75 Å². The molecule has 2 rings (SSSR count). The number of ether oxygens (including phenoxy) is 1. The highest BCUT2D eigenvalue weighted by molar-refractivity contribution is 7.92. The molecule has 0 saturated heterocycles. The number of carbonyl (C=O) groups excluding carboxylic acids is 1. The van der Waals surface area contributed by atoms with Gasteiger partial charge in [-0.1, -0.05) is 36.7 Å². The van der Waals surface area contributed by atoms with Crippen molar-refractivity contribution in [3.8, 4) is 5.75 Å². The highest BCUT2D eigenvalue weighted by Gasteiger charge is 2.33. The van der Waals surface area contributed by atoms with Gasteiger partial charge in [0, 0.05) is 5.02 Å². The Kier molecular flexibility index (Phi) is 7.54. The summed E-state index contributed by atoms with van der Waals surface area (Å²) in [6.45, 7) is 5.41. The van der Waals surface area contributed by atoms with Crippen LogP contribution in [0.1, 0.15) is 37.4 Å². The largest absolute Gasteiger partial charge is 0.497 e. The van der Waals surface area contributed by atoms with Crippen LogP contribution in [0, 0.1) is 6.92 Å². The molecule has 0 aliphatic rings. The third kappa shape index (κ3) is 5.64. The van der Waals surface area contributed by atoms with Crippen LogP contribution in [0.3, 0.4) is 0 Å². The molecule has 0 unspecified atom stereocenters. The Bertz CT molecular complexity index is 961. The molecular formula is C21H27ClN2O4S. The topological polar surface area (TPSA) is 75.7 Å². The number of methoxy groups -OCH3 is 1. The van der Waals surface area contributed by atoms with E-state index in [1.54, 1.807) is 39.2 Å². The fourth-order valence-corrected chi connectivity index (χ4v) is 4.57. The SMILES string of the molecule is CC[C@H](C(=O)N[C@H](C)c1ccc(OC)cc1)N(c1cc(Cl)ccc1C)S(C)(=O)=O. The first-order valence-corrected chi connectivity index (χ1v) is 11.5. The Balaban J connectivity index is 2.34.